The zero-order valence-corrected chi connectivity index (χ0v) is 44.7. The number of anilines is 1. The van der Waals surface area contributed by atoms with Crippen molar-refractivity contribution in [3.8, 4) is 0 Å². The first-order chi connectivity index (χ1) is 36.3. The van der Waals surface area contributed by atoms with E-state index in [-0.39, 0.29) is 127 Å². The first kappa shape index (κ1) is 60.3. The van der Waals surface area contributed by atoms with E-state index in [0.29, 0.717) is 64.9 Å². The van der Waals surface area contributed by atoms with Gasteiger partial charge in [0.05, 0.1) is 64.8 Å². The van der Waals surface area contributed by atoms with Crippen LogP contribution in [-0.4, -0.2) is 179 Å². The molecule has 75 heavy (non-hydrogen) atoms. The van der Waals surface area contributed by atoms with E-state index in [0.717, 1.165) is 37.2 Å². The summed E-state index contributed by atoms with van der Waals surface area (Å²) in [7, 11) is 2.50. The van der Waals surface area contributed by atoms with Gasteiger partial charge in [-0.3, -0.25) is 19.2 Å². The van der Waals surface area contributed by atoms with Crippen LogP contribution in [0.15, 0.2) is 18.2 Å². The first-order valence-electron chi connectivity index (χ1n) is 26.0. The number of benzene rings is 1. The summed E-state index contributed by atoms with van der Waals surface area (Å²) in [6.45, 7) is 2.25. The van der Waals surface area contributed by atoms with Gasteiger partial charge in [0.1, 0.15) is 12.1 Å². The van der Waals surface area contributed by atoms with E-state index in [1.165, 1.54) is 32.4 Å². The van der Waals surface area contributed by atoms with Gasteiger partial charge in [0.25, 0.3) is 11.8 Å². The van der Waals surface area contributed by atoms with E-state index in [1.807, 2.05) is 23.5 Å². The quantitative estimate of drug-likeness (QED) is 0.0260. The maximum Gasteiger partial charge on any atom is 0.328 e. The van der Waals surface area contributed by atoms with Crippen molar-refractivity contribution in [2.75, 3.05) is 83.6 Å². The van der Waals surface area contributed by atoms with Crippen LogP contribution in [0.4, 0.5) is 20.1 Å². The second-order valence-electron chi connectivity index (χ2n) is 18.7. The number of esters is 2. The normalized spacial score (nSPS) is 20.9. The first-order valence-corrected chi connectivity index (χ1v) is 28.1. The molecule has 0 radical (unpaired) electrons. The van der Waals surface area contributed by atoms with Crippen molar-refractivity contribution in [2.24, 2.45) is 5.73 Å². The molecule has 4 aliphatic heterocycles. The van der Waals surface area contributed by atoms with Crippen molar-refractivity contribution in [1.29, 1.82) is 0 Å². The third-order valence-corrected chi connectivity index (χ3v) is 16.1. The maximum absolute atomic E-state index is 13.5. The highest BCUT2D eigenvalue weighted by atomic mass is 32.2. The number of hydrogen-bond donors (Lipinski definition) is 11. The third kappa shape index (κ3) is 20.8. The SMILES string of the molecule is COC(=O)[C@H](CCCCNC(=O)c1cc(NC(=O)NCCOCCOCCN)cc(C(=O)NCCCC[C@H](NC(=O)CCCC[C@@H]2SC[C@@H]3NC(=O)N[C@@H]32)C(=O)OC)c1)NC(=O)CCCC[C@@H]1SC[C@@H]2NC(=O)N[C@@H]21. The molecule has 0 saturated carbocycles. The molecule has 4 saturated heterocycles. The number of unbranched alkanes of at least 4 members (excludes halogenated alkanes) is 4. The summed E-state index contributed by atoms with van der Waals surface area (Å²) in [4.78, 5) is 114. The van der Waals surface area contributed by atoms with Crippen molar-refractivity contribution in [1.82, 2.24) is 47.9 Å². The van der Waals surface area contributed by atoms with Gasteiger partial charge in [0.15, 0.2) is 0 Å². The van der Waals surface area contributed by atoms with E-state index >= 15 is 0 Å². The molecule has 0 aromatic heterocycles. The van der Waals surface area contributed by atoms with Crippen molar-refractivity contribution in [2.45, 2.75) is 137 Å². The van der Waals surface area contributed by atoms with Gasteiger partial charge in [-0.1, -0.05) is 12.8 Å². The van der Waals surface area contributed by atoms with Crippen molar-refractivity contribution in [3.05, 3.63) is 29.3 Å². The topological polar surface area (TPSA) is 337 Å². The Bertz CT molecular complexity index is 1970. The molecule has 5 rings (SSSR count). The van der Waals surface area contributed by atoms with E-state index in [4.69, 9.17) is 24.7 Å². The molecule has 4 fully saturated rings. The fourth-order valence-corrected chi connectivity index (χ4v) is 12.3. The lowest BCUT2D eigenvalue weighted by molar-refractivity contribution is -0.145. The standard InChI is InChI=1S/C49H77N11O13S2/c1-70-45(65)33(55-39(61)15-5-3-13-37-41-35(28-74-37)57-48(68)59-41)11-7-9-18-51-43(63)30-25-31(27-32(26-30)54-47(67)53-20-22-73-24-23-72-21-17-50)44(64)52-19-10-8-12-34(46(66)71-2)56-40(62)16-6-4-14-38-42-36(29-75-38)58-49(69)60-42/h25-27,33-38,41-42H,3-24,28-29,50H2,1-2H3,(H,51,63)(H,52,64)(H,55,61)(H,56,62)(H2,53,54,67)(H2,57,59,68)(H2,58,60,69)/t33-,34-,35-,36-,37-,38-,41-,42-/m0/s1. The number of rotatable bonds is 35. The predicted molar refractivity (Wildman–Crippen MR) is 282 cm³/mol. The fourth-order valence-electron chi connectivity index (χ4n) is 9.20. The van der Waals surface area contributed by atoms with Gasteiger partial charge < -0.3 is 77.8 Å². The largest absolute Gasteiger partial charge is 0.467 e. The Morgan fingerprint density at radius 1 is 0.600 bits per heavy atom. The van der Waals surface area contributed by atoms with Gasteiger partial charge in [0, 0.05) is 77.8 Å². The minimum absolute atomic E-state index is 0.0943. The van der Waals surface area contributed by atoms with Crippen LogP contribution in [0, 0.1) is 0 Å². The number of thioether (sulfide) groups is 2. The number of nitrogens with two attached hydrogens (primary N) is 1. The molecule has 12 N–H and O–H groups in total. The summed E-state index contributed by atoms with van der Waals surface area (Å²) in [6.07, 6.45) is 7.38. The number of fused-ring (bicyclic) bond motifs is 2. The Balaban J connectivity index is 1.05. The summed E-state index contributed by atoms with van der Waals surface area (Å²) in [5, 5.41) is 28.9. The molecule has 10 amide bonds. The minimum atomic E-state index is -0.866. The van der Waals surface area contributed by atoms with E-state index in [1.54, 1.807) is 0 Å². The lowest BCUT2D eigenvalue weighted by atomic mass is 10.0. The second kappa shape index (κ2) is 32.8. The Hall–Kier alpha value is -5.57. The van der Waals surface area contributed by atoms with Gasteiger partial charge >= 0.3 is 30.0 Å². The number of hydrogen-bond acceptors (Lipinski definition) is 16. The van der Waals surface area contributed by atoms with Crippen LogP contribution < -0.4 is 58.9 Å². The lowest BCUT2D eigenvalue weighted by Gasteiger charge is -2.18. The number of urea groups is 3. The molecule has 24 nitrogen and oxygen atoms in total. The average molecular weight is 1090 g/mol. The van der Waals surface area contributed by atoms with Gasteiger partial charge in [-0.15, -0.1) is 0 Å². The minimum Gasteiger partial charge on any atom is -0.467 e. The molecule has 0 unspecified atom stereocenters. The van der Waals surface area contributed by atoms with Crippen LogP contribution in [0.2, 0.25) is 0 Å². The van der Waals surface area contributed by atoms with Crippen molar-refractivity contribution >= 4 is 82.9 Å². The van der Waals surface area contributed by atoms with Crippen molar-refractivity contribution < 1.29 is 62.1 Å². The predicted octanol–water partition coefficient (Wildman–Crippen LogP) is 1.37. The third-order valence-electron chi connectivity index (χ3n) is 13.1. The van der Waals surface area contributed by atoms with Crippen LogP contribution in [0.5, 0.6) is 0 Å². The van der Waals surface area contributed by atoms with Crippen LogP contribution in [0.1, 0.15) is 111 Å². The highest BCUT2D eigenvalue weighted by Crippen LogP contribution is 2.34. The van der Waals surface area contributed by atoms with E-state index < -0.39 is 41.9 Å². The van der Waals surface area contributed by atoms with Gasteiger partial charge in [-0.05, 0) is 82.4 Å². The molecule has 4 aliphatic rings. The average Bonchev–Trinajstić information content (AvgIpc) is 4.17. The van der Waals surface area contributed by atoms with Crippen molar-refractivity contribution in [3.63, 3.8) is 0 Å². The highest BCUT2D eigenvalue weighted by Gasteiger charge is 2.43. The van der Waals surface area contributed by atoms with E-state index in [2.05, 4.69) is 53.2 Å². The Morgan fingerprint density at radius 3 is 1.55 bits per heavy atom. The zero-order valence-electron chi connectivity index (χ0n) is 43.0. The van der Waals surface area contributed by atoms with E-state index in [9.17, 15) is 43.2 Å². The summed E-state index contributed by atoms with van der Waals surface area (Å²) in [6, 6.07) is 2.13. The van der Waals surface area contributed by atoms with Crippen LogP contribution >= 0.6 is 23.5 Å². The summed E-state index contributed by atoms with van der Waals surface area (Å²) >= 11 is 3.63. The van der Waals surface area contributed by atoms with Crippen LogP contribution in [-0.2, 0) is 38.1 Å². The number of ether oxygens (including phenoxy) is 4. The number of amides is 10. The monoisotopic (exact) mass is 1090 g/mol. The number of methoxy groups -OCH3 is 2. The second-order valence-corrected chi connectivity index (χ2v) is 21.3. The molecule has 0 bridgehead atoms. The molecule has 1 aromatic carbocycles. The number of carbonyl (C=O) groups is 9. The molecule has 0 spiro atoms. The molecule has 418 valence electrons. The maximum atomic E-state index is 13.5. The van der Waals surface area contributed by atoms with Crippen LogP contribution in [0.3, 0.4) is 0 Å². The van der Waals surface area contributed by atoms with Crippen LogP contribution in [0.25, 0.3) is 0 Å². The molecule has 1 aromatic rings. The summed E-state index contributed by atoms with van der Waals surface area (Å²) < 4.78 is 20.6. The molecule has 8 atom stereocenters. The van der Waals surface area contributed by atoms with Gasteiger partial charge in [-0.25, -0.2) is 24.0 Å². The number of nitrogens with one attached hydrogen (secondary N) is 10. The highest BCUT2D eigenvalue weighted by molar-refractivity contribution is 8.00. The molecule has 26 heteroatoms. The molecule has 0 aliphatic carbocycles. The molecular formula is C49H77N11O13S2. The lowest BCUT2D eigenvalue weighted by Crippen LogP contribution is -2.41. The Labute approximate surface area is 446 Å². The summed E-state index contributed by atoms with van der Waals surface area (Å²) in [5.41, 5.74) is 5.78. The summed E-state index contributed by atoms with van der Waals surface area (Å²) in [5.74, 6) is -1.01. The number of carbonyl (C=O) groups excluding carboxylic acids is 9. The zero-order chi connectivity index (χ0) is 54.0. The molecule has 4 heterocycles. The van der Waals surface area contributed by atoms with Gasteiger partial charge in [0.2, 0.25) is 11.8 Å². The Kier molecular flexibility index (Phi) is 26.4. The van der Waals surface area contributed by atoms with Gasteiger partial charge in [-0.2, -0.15) is 23.5 Å². The smallest absolute Gasteiger partial charge is 0.328 e. The fraction of sp³-hybridized carbons (Fsp3) is 0.694. The Morgan fingerprint density at radius 2 is 1.08 bits per heavy atom. The molecular weight excluding hydrogens is 1010 g/mol.